The van der Waals surface area contributed by atoms with E-state index in [2.05, 4.69) is 133 Å². The van der Waals surface area contributed by atoms with Crippen molar-refractivity contribution in [1.82, 2.24) is 0 Å². The highest BCUT2D eigenvalue weighted by Crippen LogP contribution is 2.61. The van der Waals surface area contributed by atoms with Crippen molar-refractivity contribution in [2.45, 2.75) is 57.8 Å². The number of fused-ring (bicyclic) bond motifs is 4. The van der Waals surface area contributed by atoms with Gasteiger partial charge in [-0.25, -0.2) is 0 Å². The summed E-state index contributed by atoms with van der Waals surface area (Å²) >= 11 is 0. The van der Waals surface area contributed by atoms with Crippen molar-refractivity contribution in [3.8, 4) is 0 Å². The van der Waals surface area contributed by atoms with Crippen LogP contribution in [0.15, 0.2) is 109 Å². The summed E-state index contributed by atoms with van der Waals surface area (Å²) in [6.07, 6.45) is 8.48. The molecule has 2 heterocycles. The molecular formula is C42H39BN2. The Morgan fingerprint density at radius 3 is 1.76 bits per heavy atom. The fraction of sp³-hybridized carbons (Fsp3) is 0.286. The first-order valence-corrected chi connectivity index (χ1v) is 17.2. The van der Waals surface area contributed by atoms with Crippen molar-refractivity contribution in [3.05, 3.63) is 126 Å². The molecular weight excluding hydrogens is 543 g/mol. The number of para-hydroxylation sites is 3. The fourth-order valence-corrected chi connectivity index (χ4v) is 10.7. The maximum atomic E-state index is 2.67. The van der Waals surface area contributed by atoms with Crippen LogP contribution in [0.2, 0.25) is 0 Å². The minimum Gasteiger partial charge on any atom is -0.311 e. The molecule has 4 fully saturated rings. The van der Waals surface area contributed by atoms with Crippen LogP contribution in [-0.4, -0.2) is 6.71 Å². The molecule has 0 atom stereocenters. The van der Waals surface area contributed by atoms with Gasteiger partial charge in [0.2, 0.25) is 0 Å². The Balaban J connectivity index is 1.32. The average molecular weight is 583 g/mol. The minimum absolute atomic E-state index is 0.189. The lowest BCUT2D eigenvalue weighted by Crippen LogP contribution is -2.61. The van der Waals surface area contributed by atoms with E-state index in [1.807, 2.05) is 0 Å². The fourth-order valence-electron chi connectivity index (χ4n) is 10.7. The van der Waals surface area contributed by atoms with Gasteiger partial charge in [0, 0.05) is 34.1 Å². The largest absolute Gasteiger partial charge is 0.311 e. The number of benzene rings is 5. The second kappa shape index (κ2) is 9.39. The minimum atomic E-state index is 0.189. The molecule has 2 aliphatic heterocycles. The first-order valence-electron chi connectivity index (χ1n) is 17.2. The quantitative estimate of drug-likeness (QED) is 0.192. The highest BCUT2D eigenvalue weighted by molar-refractivity contribution is 7.00. The second-order valence-corrected chi connectivity index (χ2v) is 15.0. The Labute approximate surface area is 267 Å². The summed E-state index contributed by atoms with van der Waals surface area (Å²) in [6.45, 7) is 4.70. The molecule has 2 nitrogen and oxygen atoms in total. The van der Waals surface area contributed by atoms with Gasteiger partial charge in [0.25, 0.3) is 6.71 Å². The summed E-state index contributed by atoms with van der Waals surface area (Å²) in [5.74, 6) is 2.70. The summed E-state index contributed by atoms with van der Waals surface area (Å²) in [6, 6.07) is 41.8. The molecule has 4 aliphatic carbocycles. The van der Waals surface area contributed by atoms with Gasteiger partial charge in [0.1, 0.15) is 0 Å². The zero-order valence-corrected chi connectivity index (χ0v) is 26.3. The molecule has 0 spiro atoms. The Kier molecular flexibility index (Phi) is 5.43. The molecule has 45 heavy (non-hydrogen) atoms. The molecule has 0 saturated heterocycles. The number of anilines is 6. The number of hydrogen-bond acceptors (Lipinski definition) is 2. The van der Waals surface area contributed by atoms with Crippen molar-refractivity contribution in [2.24, 2.45) is 17.8 Å². The normalized spacial score (nSPS) is 25.2. The van der Waals surface area contributed by atoms with Gasteiger partial charge in [0.05, 0.1) is 0 Å². The Morgan fingerprint density at radius 2 is 1.11 bits per heavy atom. The third-order valence-corrected chi connectivity index (χ3v) is 12.2. The molecule has 220 valence electrons. The van der Waals surface area contributed by atoms with Crippen LogP contribution in [-0.2, 0) is 5.41 Å². The molecule has 4 bridgehead atoms. The van der Waals surface area contributed by atoms with Crippen molar-refractivity contribution in [1.29, 1.82) is 0 Å². The zero-order valence-electron chi connectivity index (χ0n) is 26.3. The Bertz CT molecular complexity index is 1960. The van der Waals surface area contributed by atoms with Gasteiger partial charge in [-0.2, -0.15) is 0 Å². The van der Waals surface area contributed by atoms with Crippen LogP contribution in [0.4, 0.5) is 34.1 Å². The van der Waals surface area contributed by atoms with Gasteiger partial charge >= 0.3 is 0 Å². The molecule has 4 saturated carbocycles. The van der Waals surface area contributed by atoms with Crippen LogP contribution in [0.1, 0.15) is 55.2 Å². The van der Waals surface area contributed by atoms with E-state index in [0.717, 1.165) is 17.8 Å². The van der Waals surface area contributed by atoms with Crippen molar-refractivity contribution >= 4 is 57.2 Å². The van der Waals surface area contributed by atoms with Gasteiger partial charge in [0.15, 0.2) is 0 Å². The summed E-state index contributed by atoms with van der Waals surface area (Å²) in [4.78, 5) is 5.22. The van der Waals surface area contributed by atoms with Crippen LogP contribution >= 0.6 is 0 Å². The predicted octanol–water partition coefficient (Wildman–Crippen LogP) is 8.85. The number of hydrogen-bond donors (Lipinski definition) is 0. The zero-order chi connectivity index (χ0) is 29.9. The van der Waals surface area contributed by atoms with Gasteiger partial charge in [-0.1, -0.05) is 66.7 Å². The first kappa shape index (κ1) is 26.0. The Hall–Kier alpha value is -4.24. The molecule has 5 aromatic carbocycles. The van der Waals surface area contributed by atoms with Crippen LogP contribution < -0.4 is 26.2 Å². The Morgan fingerprint density at radius 1 is 0.556 bits per heavy atom. The topological polar surface area (TPSA) is 6.48 Å². The van der Waals surface area contributed by atoms with Crippen molar-refractivity contribution in [3.63, 3.8) is 0 Å². The van der Waals surface area contributed by atoms with E-state index in [0.29, 0.717) is 5.41 Å². The standard InChI is InChI=1S/C42H39BN2/c1-27-16-17-28(2)38(18-27)45-37-15-9-7-13-35(37)43-34-12-6-8-14-36(34)44(33-10-4-3-5-11-33)39-22-32(23-40(45)41(39)43)42-24-29-19-30(25-42)21-31(20-29)26-42/h3-18,22-23,29-31H,19-21,24-26H2,1-2H3. The summed E-state index contributed by atoms with van der Waals surface area (Å²) in [7, 11) is 0. The smallest absolute Gasteiger partial charge is 0.252 e. The number of aryl methyl sites for hydroxylation is 2. The summed E-state index contributed by atoms with van der Waals surface area (Å²) < 4.78 is 0. The first-order chi connectivity index (χ1) is 22.1. The maximum absolute atomic E-state index is 2.67. The maximum Gasteiger partial charge on any atom is 0.252 e. The molecule has 0 aromatic heterocycles. The van der Waals surface area contributed by atoms with E-state index in [1.165, 1.54) is 100 Å². The molecule has 0 radical (unpaired) electrons. The molecule has 3 heteroatoms. The summed E-state index contributed by atoms with van der Waals surface area (Å²) in [5, 5.41) is 0. The van der Waals surface area contributed by atoms with Crippen LogP contribution in [0.25, 0.3) is 0 Å². The number of rotatable bonds is 3. The SMILES string of the molecule is Cc1ccc(C)c(N2c3ccccc3B3c4ccccc4N(c4ccccc4)c4cc(C56CC7CC(CC(C7)C5)C6)cc2c43)c1. The molecule has 0 amide bonds. The van der Waals surface area contributed by atoms with Crippen molar-refractivity contribution in [2.75, 3.05) is 9.80 Å². The van der Waals surface area contributed by atoms with Crippen LogP contribution in [0, 0.1) is 31.6 Å². The van der Waals surface area contributed by atoms with E-state index in [1.54, 1.807) is 5.56 Å². The lowest BCUT2D eigenvalue weighted by atomic mass is 9.33. The van der Waals surface area contributed by atoms with Crippen LogP contribution in [0.5, 0.6) is 0 Å². The lowest BCUT2D eigenvalue weighted by Gasteiger charge is -2.57. The van der Waals surface area contributed by atoms with Crippen LogP contribution in [0.3, 0.4) is 0 Å². The monoisotopic (exact) mass is 582 g/mol. The van der Waals surface area contributed by atoms with E-state index in [-0.39, 0.29) is 6.71 Å². The van der Waals surface area contributed by atoms with Gasteiger partial charge < -0.3 is 9.80 Å². The molecule has 0 unspecified atom stereocenters. The highest BCUT2D eigenvalue weighted by atomic mass is 15.2. The molecule has 5 aromatic rings. The van der Waals surface area contributed by atoms with E-state index in [4.69, 9.17) is 0 Å². The molecule has 0 N–H and O–H groups in total. The van der Waals surface area contributed by atoms with E-state index >= 15 is 0 Å². The lowest BCUT2D eigenvalue weighted by molar-refractivity contribution is -0.00514. The van der Waals surface area contributed by atoms with E-state index in [9.17, 15) is 0 Å². The predicted molar refractivity (Wildman–Crippen MR) is 190 cm³/mol. The highest BCUT2D eigenvalue weighted by Gasteiger charge is 2.53. The average Bonchev–Trinajstić information content (AvgIpc) is 3.05. The molecule has 6 aliphatic rings. The van der Waals surface area contributed by atoms with E-state index < -0.39 is 0 Å². The van der Waals surface area contributed by atoms with Crippen molar-refractivity contribution < 1.29 is 0 Å². The third kappa shape index (κ3) is 3.70. The summed E-state index contributed by atoms with van der Waals surface area (Å²) in [5.41, 5.74) is 16.7. The second-order valence-electron chi connectivity index (χ2n) is 15.0. The van der Waals surface area contributed by atoms with Gasteiger partial charge in [-0.05, 0) is 151 Å². The number of nitrogens with zero attached hydrogens (tertiary/aromatic N) is 2. The van der Waals surface area contributed by atoms with Gasteiger partial charge in [-0.3, -0.25) is 0 Å². The third-order valence-electron chi connectivity index (χ3n) is 12.2. The van der Waals surface area contributed by atoms with Gasteiger partial charge in [-0.15, -0.1) is 0 Å². The molecule has 11 rings (SSSR count).